The molecule has 108 valence electrons. The molecule has 2 heterocycles. The Morgan fingerprint density at radius 2 is 1.81 bits per heavy atom. The van der Waals surface area contributed by atoms with E-state index < -0.39 is 10.0 Å². The van der Waals surface area contributed by atoms with Gasteiger partial charge < -0.3 is 0 Å². The van der Waals surface area contributed by atoms with Crippen molar-refractivity contribution >= 4 is 15.5 Å². The Hall–Kier alpha value is -2.18. The van der Waals surface area contributed by atoms with Gasteiger partial charge >= 0.3 is 0 Å². The molecule has 6 heteroatoms. The van der Waals surface area contributed by atoms with Crippen LogP contribution in [-0.2, 0) is 22.3 Å². The van der Waals surface area contributed by atoms with Crippen LogP contribution in [0.2, 0.25) is 0 Å². The van der Waals surface area contributed by atoms with Gasteiger partial charge in [-0.25, -0.2) is 17.7 Å². The van der Waals surface area contributed by atoms with Crippen LogP contribution in [0.25, 0.3) is 5.52 Å². The Morgan fingerprint density at radius 3 is 2.57 bits per heavy atom. The zero-order valence-corrected chi connectivity index (χ0v) is 12.1. The van der Waals surface area contributed by atoms with E-state index in [-0.39, 0.29) is 12.3 Å². The summed E-state index contributed by atoms with van der Waals surface area (Å²) in [6.45, 7) is 0.191. The molecule has 0 aliphatic rings. The first-order valence-electron chi connectivity index (χ1n) is 6.57. The molecular formula is C15H15N3O2S. The molecule has 3 rings (SSSR count). The van der Waals surface area contributed by atoms with Gasteiger partial charge in [0, 0.05) is 6.20 Å². The van der Waals surface area contributed by atoms with Gasteiger partial charge in [0.2, 0.25) is 10.0 Å². The zero-order chi connectivity index (χ0) is 14.7. The highest BCUT2D eigenvalue weighted by atomic mass is 32.2. The third-order valence-corrected chi connectivity index (χ3v) is 4.39. The number of nitrogens with one attached hydrogen (secondary N) is 1. The first kappa shape index (κ1) is 13.8. The third kappa shape index (κ3) is 3.48. The number of hydrogen-bond donors (Lipinski definition) is 1. The van der Waals surface area contributed by atoms with Crippen molar-refractivity contribution in [2.24, 2.45) is 0 Å². The van der Waals surface area contributed by atoms with Crippen molar-refractivity contribution in [2.75, 3.05) is 0 Å². The number of aromatic nitrogens is 2. The number of rotatable bonds is 5. The predicted molar refractivity (Wildman–Crippen MR) is 81.1 cm³/mol. The molecule has 0 spiro atoms. The SMILES string of the molecule is O=S(=O)(Cc1ccccc1)NCc1cc2ccccn2n1. The molecule has 5 nitrogen and oxygen atoms in total. The maximum atomic E-state index is 12.0. The van der Waals surface area contributed by atoms with E-state index in [1.165, 1.54) is 0 Å². The lowest BCUT2D eigenvalue weighted by Crippen LogP contribution is -2.24. The summed E-state index contributed by atoms with van der Waals surface area (Å²) < 4.78 is 28.4. The molecule has 0 fully saturated rings. The van der Waals surface area contributed by atoms with E-state index in [9.17, 15) is 8.42 Å². The van der Waals surface area contributed by atoms with Crippen LogP contribution < -0.4 is 4.72 Å². The molecule has 0 radical (unpaired) electrons. The minimum Gasteiger partial charge on any atom is -0.241 e. The predicted octanol–water partition coefficient (Wildman–Crippen LogP) is 1.95. The van der Waals surface area contributed by atoms with Crippen LogP contribution >= 0.6 is 0 Å². The van der Waals surface area contributed by atoms with E-state index >= 15 is 0 Å². The summed E-state index contributed by atoms with van der Waals surface area (Å²) in [5.74, 6) is -0.0266. The van der Waals surface area contributed by atoms with Gasteiger partial charge in [-0.1, -0.05) is 36.4 Å². The summed E-state index contributed by atoms with van der Waals surface area (Å²) in [5.41, 5.74) is 2.40. The number of fused-ring (bicyclic) bond motifs is 1. The monoisotopic (exact) mass is 301 g/mol. The smallest absolute Gasteiger partial charge is 0.216 e. The molecule has 0 atom stereocenters. The minimum absolute atomic E-state index is 0.0266. The summed E-state index contributed by atoms with van der Waals surface area (Å²) >= 11 is 0. The van der Waals surface area contributed by atoms with Crippen molar-refractivity contribution in [1.29, 1.82) is 0 Å². The summed E-state index contributed by atoms with van der Waals surface area (Å²) in [6, 6.07) is 16.7. The van der Waals surface area contributed by atoms with Gasteiger partial charge in [-0.2, -0.15) is 5.10 Å². The van der Waals surface area contributed by atoms with Crippen LogP contribution in [0.15, 0.2) is 60.8 Å². The van der Waals surface area contributed by atoms with Crippen molar-refractivity contribution in [3.8, 4) is 0 Å². The maximum absolute atomic E-state index is 12.0. The summed E-state index contributed by atoms with van der Waals surface area (Å²) in [6.07, 6.45) is 1.83. The Labute approximate surface area is 123 Å². The van der Waals surface area contributed by atoms with Gasteiger partial charge in [0.1, 0.15) is 0 Å². The fraction of sp³-hybridized carbons (Fsp3) is 0.133. The van der Waals surface area contributed by atoms with Gasteiger partial charge in [0.05, 0.1) is 23.5 Å². The molecule has 21 heavy (non-hydrogen) atoms. The number of pyridine rings is 1. The second kappa shape index (κ2) is 5.67. The summed E-state index contributed by atoms with van der Waals surface area (Å²) in [7, 11) is -3.37. The number of hydrogen-bond acceptors (Lipinski definition) is 3. The molecule has 1 aromatic carbocycles. The van der Waals surface area contributed by atoms with E-state index in [0.717, 1.165) is 11.1 Å². The molecule has 3 aromatic rings. The normalized spacial score (nSPS) is 11.8. The van der Waals surface area contributed by atoms with Gasteiger partial charge in [0.25, 0.3) is 0 Å². The molecule has 0 unspecified atom stereocenters. The van der Waals surface area contributed by atoms with E-state index in [0.29, 0.717) is 5.69 Å². The van der Waals surface area contributed by atoms with Gasteiger partial charge in [-0.05, 0) is 23.8 Å². The Kier molecular flexibility index (Phi) is 3.72. The first-order chi connectivity index (χ1) is 10.1. The Bertz CT molecular complexity index is 808. The van der Waals surface area contributed by atoms with Crippen molar-refractivity contribution in [2.45, 2.75) is 12.3 Å². The molecule has 0 amide bonds. The molecule has 0 aliphatic heterocycles. The highest BCUT2D eigenvalue weighted by Crippen LogP contribution is 2.08. The van der Waals surface area contributed by atoms with Crippen molar-refractivity contribution in [3.05, 3.63) is 72.1 Å². The Balaban J connectivity index is 1.68. The first-order valence-corrected chi connectivity index (χ1v) is 8.22. The standard InChI is InChI=1S/C15H15N3O2S/c19-21(20,12-13-6-2-1-3-7-13)16-11-14-10-15-8-4-5-9-18(15)17-14/h1-10,16H,11-12H2. The topological polar surface area (TPSA) is 63.5 Å². The van der Waals surface area contributed by atoms with Gasteiger partial charge in [-0.15, -0.1) is 0 Å². The second-order valence-corrected chi connectivity index (χ2v) is 6.58. The Morgan fingerprint density at radius 1 is 1.05 bits per heavy atom. The molecule has 0 saturated carbocycles. The highest BCUT2D eigenvalue weighted by Gasteiger charge is 2.12. The zero-order valence-electron chi connectivity index (χ0n) is 11.3. The molecular weight excluding hydrogens is 286 g/mol. The molecule has 2 aromatic heterocycles. The van der Waals surface area contributed by atoms with Crippen LogP contribution in [-0.4, -0.2) is 18.0 Å². The lowest BCUT2D eigenvalue weighted by atomic mass is 10.2. The number of nitrogens with zero attached hydrogens (tertiary/aromatic N) is 2. The maximum Gasteiger partial charge on any atom is 0.216 e. The largest absolute Gasteiger partial charge is 0.241 e. The van der Waals surface area contributed by atoms with Crippen molar-refractivity contribution in [3.63, 3.8) is 0 Å². The summed E-state index contributed by atoms with van der Waals surface area (Å²) in [4.78, 5) is 0. The lowest BCUT2D eigenvalue weighted by molar-refractivity contribution is 0.579. The van der Waals surface area contributed by atoms with Crippen molar-refractivity contribution < 1.29 is 8.42 Å². The highest BCUT2D eigenvalue weighted by molar-refractivity contribution is 7.88. The van der Waals surface area contributed by atoms with Crippen LogP contribution in [0.3, 0.4) is 0 Å². The molecule has 1 N–H and O–H groups in total. The molecule has 0 saturated heterocycles. The quantitative estimate of drug-likeness (QED) is 0.783. The van der Waals surface area contributed by atoms with E-state index in [1.54, 1.807) is 16.6 Å². The number of benzene rings is 1. The van der Waals surface area contributed by atoms with Gasteiger partial charge in [-0.3, -0.25) is 0 Å². The number of sulfonamides is 1. The third-order valence-electron chi connectivity index (χ3n) is 3.09. The molecule has 0 bridgehead atoms. The van der Waals surface area contributed by atoms with Crippen LogP contribution in [0.1, 0.15) is 11.3 Å². The molecule has 0 aliphatic carbocycles. The van der Waals surface area contributed by atoms with Crippen LogP contribution in [0.4, 0.5) is 0 Å². The van der Waals surface area contributed by atoms with Crippen molar-refractivity contribution in [1.82, 2.24) is 14.3 Å². The fourth-order valence-electron chi connectivity index (χ4n) is 2.11. The van der Waals surface area contributed by atoms with E-state index in [1.807, 2.05) is 48.7 Å². The lowest BCUT2D eigenvalue weighted by Gasteiger charge is -2.05. The van der Waals surface area contributed by atoms with E-state index in [2.05, 4.69) is 9.82 Å². The average Bonchev–Trinajstić information content (AvgIpc) is 2.89. The average molecular weight is 301 g/mol. The second-order valence-electron chi connectivity index (χ2n) is 4.77. The minimum atomic E-state index is -3.37. The van der Waals surface area contributed by atoms with E-state index in [4.69, 9.17) is 0 Å². The summed E-state index contributed by atoms with van der Waals surface area (Å²) in [5, 5.41) is 4.31. The van der Waals surface area contributed by atoms with Crippen LogP contribution in [0.5, 0.6) is 0 Å². The fourth-order valence-corrected chi connectivity index (χ4v) is 3.21. The van der Waals surface area contributed by atoms with Crippen LogP contribution in [0, 0.1) is 0 Å². The van der Waals surface area contributed by atoms with Gasteiger partial charge in [0.15, 0.2) is 0 Å².